The van der Waals surface area contributed by atoms with E-state index >= 15 is 0 Å². The molecule has 0 saturated heterocycles. The van der Waals surface area contributed by atoms with Crippen molar-refractivity contribution in [3.63, 3.8) is 0 Å². The highest BCUT2D eigenvalue weighted by Gasteiger charge is 2.22. The maximum atomic E-state index is 11.7. The Kier molecular flexibility index (Phi) is 7.22. The first kappa shape index (κ1) is 18.9. The van der Waals surface area contributed by atoms with Crippen LogP contribution >= 0.6 is 34.8 Å². The van der Waals surface area contributed by atoms with Gasteiger partial charge in [-0.1, -0.05) is 35.9 Å². The van der Waals surface area contributed by atoms with Gasteiger partial charge in [0.1, 0.15) is 5.92 Å². The molecule has 2 aromatic carbocycles. The Morgan fingerprint density at radius 3 is 1.79 bits per heavy atom. The summed E-state index contributed by atoms with van der Waals surface area (Å²) in [4.78, 5) is 13.8. The molecule has 0 spiro atoms. The van der Waals surface area contributed by atoms with Crippen molar-refractivity contribution >= 4 is 46.5 Å². The summed E-state index contributed by atoms with van der Waals surface area (Å²) in [5.41, 5.74) is 2.38. The second-order valence-electron chi connectivity index (χ2n) is 5.28. The zero-order valence-corrected chi connectivity index (χ0v) is 15.2. The molecular formula is C18H18Cl3NO2. The largest absolute Gasteiger partial charge is 0.481 e. The van der Waals surface area contributed by atoms with Crippen LogP contribution in [0.4, 0.5) is 5.69 Å². The van der Waals surface area contributed by atoms with E-state index in [9.17, 15) is 9.90 Å². The van der Waals surface area contributed by atoms with Gasteiger partial charge in [0.05, 0.1) is 0 Å². The molecule has 0 bridgehead atoms. The molecule has 0 fully saturated rings. The van der Waals surface area contributed by atoms with Crippen molar-refractivity contribution in [3.8, 4) is 0 Å². The minimum atomic E-state index is -0.900. The Morgan fingerprint density at radius 1 is 0.917 bits per heavy atom. The number of carboxylic acid groups (broad SMARTS) is 1. The lowest BCUT2D eigenvalue weighted by molar-refractivity contribution is -0.137. The Balaban J connectivity index is 2.28. The van der Waals surface area contributed by atoms with E-state index in [4.69, 9.17) is 34.8 Å². The summed E-state index contributed by atoms with van der Waals surface area (Å²) in [6.07, 6.45) is 0. The number of anilines is 1. The van der Waals surface area contributed by atoms with Crippen LogP contribution in [0.2, 0.25) is 5.02 Å². The van der Waals surface area contributed by atoms with Gasteiger partial charge in [-0.2, -0.15) is 0 Å². The van der Waals surface area contributed by atoms with Crippen LogP contribution < -0.4 is 4.90 Å². The molecule has 2 rings (SSSR count). The van der Waals surface area contributed by atoms with Gasteiger partial charge in [-0.05, 0) is 35.4 Å². The molecule has 128 valence electrons. The van der Waals surface area contributed by atoms with Crippen LogP contribution in [0, 0.1) is 0 Å². The SMILES string of the molecule is O=C(O)[C@@H](c1ccc(Cl)cc1)c1ccc(N(CCCl)CCCl)cc1. The molecule has 2 aromatic rings. The van der Waals surface area contributed by atoms with E-state index < -0.39 is 11.9 Å². The molecule has 0 heterocycles. The van der Waals surface area contributed by atoms with Crippen molar-refractivity contribution in [2.45, 2.75) is 5.92 Å². The molecule has 0 aliphatic carbocycles. The average molecular weight is 387 g/mol. The highest BCUT2D eigenvalue weighted by molar-refractivity contribution is 6.30. The van der Waals surface area contributed by atoms with E-state index in [1.807, 2.05) is 24.3 Å². The van der Waals surface area contributed by atoms with Gasteiger partial charge in [0.15, 0.2) is 0 Å². The van der Waals surface area contributed by atoms with E-state index in [0.29, 0.717) is 41.0 Å². The van der Waals surface area contributed by atoms with Crippen molar-refractivity contribution in [2.24, 2.45) is 0 Å². The van der Waals surface area contributed by atoms with Gasteiger partial charge in [-0.3, -0.25) is 4.79 Å². The third-order valence-electron chi connectivity index (χ3n) is 3.75. The summed E-state index contributed by atoms with van der Waals surface area (Å²) >= 11 is 17.5. The number of carbonyl (C=O) groups is 1. The fourth-order valence-electron chi connectivity index (χ4n) is 2.58. The topological polar surface area (TPSA) is 40.5 Å². The van der Waals surface area contributed by atoms with Crippen LogP contribution in [-0.4, -0.2) is 35.9 Å². The number of aliphatic carboxylic acids is 1. The Labute approximate surface area is 156 Å². The Hall–Kier alpha value is -1.42. The fraction of sp³-hybridized carbons (Fsp3) is 0.278. The molecule has 3 nitrogen and oxygen atoms in total. The van der Waals surface area contributed by atoms with Gasteiger partial charge < -0.3 is 10.0 Å². The molecule has 0 aromatic heterocycles. The molecule has 1 N–H and O–H groups in total. The maximum absolute atomic E-state index is 11.7. The van der Waals surface area contributed by atoms with Gasteiger partial charge in [0.2, 0.25) is 0 Å². The summed E-state index contributed by atoms with van der Waals surface area (Å²) in [5.74, 6) is -0.628. The first-order valence-electron chi connectivity index (χ1n) is 7.52. The van der Waals surface area contributed by atoms with E-state index in [2.05, 4.69) is 4.90 Å². The number of nitrogens with zero attached hydrogens (tertiary/aromatic N) is 1. The molecule has 0 radical (unpaired) electrons. The minimum absolute atomic E-state index is 0.501. The van der Waals surface area contributed by atoms with Gasteiger partial charge in [0.25, 0.3) is 0 Å². The smallest absolute Gasteiger partial charge is 0.315 e. The quantitative estimate of drug-likeness (QED) is 0.660. The van der Waals surface area contributed by atoms with Crippen LogP contribution in [0.15, 0.2) is 48.5 Å². The second-order valence-corrected chi connectivity index (χ2v) is 6.47. The van der Waals surface area contributed by atoms with Gasteiger partial charge in [-0.25, -0.2) is 0 Å². The number of hydrogen-bond donors (Lipinski definition) is 1. The third kappa shape index (κ3) is 4.79. The van der Waals surface area contributed by atoms with Gasteiger partial charge in [-0.15, -0.1) is 23.2 Å². The number of carboxylic acids is 1. The number of hydrogen-bond acceptors (Lipinski definition) is 2. The molecular weight excluding hydrogens is 369 g/mol. The van der Waals surface area contributed by atoms with Gasteiger partial charge in [0, 0.05) is 35.6 Å². The number of alkyl halides is 2. The first-order valence-corrected chi connectivity index (χ1v) is 8.96. The maximum Gasteiger partial charge on any atom is 0.315 e. The highest BCUT2D eigenvalue weighted by Crippen LogP contribution is 2.28. The summed E-state index contributed by atoms with van der Waals surface area (Å²) < 4.78 is 0. The average Bonchev–Trinajstić information content (AvgIpc) is 2.57. The van der Waals surface area contributed by atoms with Crippen LogP contribution in [0.3, 0.4) is 0 Å². The second kappa shape index (κ2) is 9.16. The summed E-state index contributed by atoms with van der Waals surface area (Å²) in [7, 11) is 0. The van der Waals surface area contributed by atoms with Crippen molar-refractivity contribution < 1.29 is 9.90 Å². The summed E-state index contributed by atoms with van der Waals surface area (Å²) in [6.45, 7) is 1.38. The van der Waals surface area contributed by atoms with Crippen molar-refractivity contribution in [1.82, 2.24) is 0 Å². The van der Waals surface area contributed by atoms with Crippen LogP contribution in [0.25, 0.3) is 0 Å². The van der Waals surface area contributed by atoms with Crippen molar-refractivity contribution in [3.05, 3.63) is 64.7 Å². The minimum Gasteiger partial charge on any atom is -0.481 e. The Bertz CT molecular complexity index is 653. The molecule has 6 heteroatoms. The lowest BCUT2D eigenvalue weighted by atomic mass is 9.91. The van der Waals surface area contributed by atoms with Crippen LogP contribution in [-0.2, 0) is 4.79 Å². The standard InChI is InChI=1S/C18H18Cl3NO2/c19-9-11-22(12-10-20)16-7-3-14(4-8-16)17(18(23)24)13-1-5-15(21)6-2-13/h1-8,17H,9-12H2,(H,23,24)/t17-/m0/s1. The fourth-order valence-corrected chi connectivity index (χ4v) is 3.12. The highest BCUT2D eigenvalue weighted by atomic mass is 35.5. The normalized spacial score (nSPS) is 12.0. The monoisotopic (exact) mass is 385 g/mol. The Morgan fingerprint density at radius 2 is 1.38 bits per heavy atom. The lowest BCUT2D eigenvalue weighted by Gasteiger charge is -2.23. The molecule has 0 aliphatic heterocycles. The van der Waals surface area contributed by atoms with Crippen LogP contribution in [0.1, 0.15) is 17.0 Å². The lowest BCUT2D eigenvalue weighted by Crippen LogP contribution is -2.27. The van der Waals surface area contributed by atoms with Crippen molar-refractivity contribution in [2.75, 3.05) is 29.7 Å². The van der Waals surface area contributed by atoms with Gasteiger partial charge >= 0.3 is 5.97 Å². The van der Waals surface area contributed by atoms with Crippen LogP contribution in [0.5, 0.6) is 0 Å². The molecule has 0 aliphatic rings. The third-order valence-corrected chi connectivity index (χ3v) is 4.34. The number of rotatable bonds is 8. The summed E-state index contributed by atoms with van der Waals surface area (Å²) in [5, 5.41) is 10.2. The van der Waals surface area contributed by atoms with E-state index in [-0.39, 0.29) is 0 Å². The zero-order chi connectivity index (χ0) is 17.5. The predicted octanol–water partition coefficient (Wildman–Crippen LogP) is 4.84. The number of benzene rings is 2. The van der Waals surface area contributed by atoms with E-state index in [1.54, 1.807) is 24.3 Å². The predicted molar refractivity (Wildman–Crippen MR) is 101 cm³/mol. The summed E-state index contributed by atoms with van der Waals surface area (Å²) in [6, 6.07) is 14.3. The van der Waals surface area contributed by atoms with Crippen molar-refractivity contribution in [1.29, 1.82) is 0 Å². The first-order chi connectivity index (χ1) is 11.6. The zero-order valence-electron chi connectivity index (χ0n) is 13.0. The molecule has 24 heavy (non-hydrogen) atoms. The number of halogens is 3. The molecule has 1 atom stereocenters. The van der Waals surface area contributed by atoms with E-state index in [1.165, 1.54) is 0 Å². The van der Waals surface area contributed by atoms with E-state index in [0.717, 1.165) is 5.69 Å². The molecule has 0 saturated carbocycles. The molecule has 0 amide bonds. The molecule has 0 unspecified atom stereocenters.